The number of hydrogen-bond acceptors (Lipinski definition) is 4. The number of rotatable bonds is 4. The van der Waals surface area contributed by atoms with Crippen LogP contribution in [0.25, 0.3) is 0 Å². The lowest BCUT2D eigenvalue weighted by atomic mass is 10.2. The first kappa shape index (κ1) is 12.5. The molecule has 0 saturated heterocycles. The molecule has 0 aliphatic heterocycles. The number of aliphatic hydroxyl groups is 1. The summed E-state index contributed by atoms with van der Waals surface area (Å²) in [5.74, 6) is 0. The van der Waals surface area contributed by atoms with Crippen molar-refractivity contribution in [2.45, 2.75) is 37.9 Å². The van der Waals surface area contributed by atoms with Gasteiger partial charge in [-0.3, -0.25) is 0 Å². The van der Waals surface area contributed by atoms with Crippen LogP contribution in [0.2, 0.25) is 0 Å². The quantitative estimate of drug-likeness (QED) is 0.829. The van der Waals surface area contributed by atoms with Crippen LogP contribution in [0.3, 0.4) is 0 Å². The van der Waals surface area contributed by atoms with E-state index in [9.17, 15) is 8.42 Å². The van der Waals surface area contributed by atoms with Gasteiger partial charge in [-0.1, -0.05) is 19.9 Å². The van der Waals surface area contributed by atoms with E-state index in [4.69, 9.17) is 5.11 Å². The smallest absolute Gasteiger partial charge is 0.258 e. The van der Waals surface area contributed by atoms with Crippen molar-refractivity contribution in [3.8, 4) is 0 Å². The first-order chi connectivity index (χ1) is 7.85. The Morgan fingerprint density at radius 2 is 2.18 bits per heavy atom. The van der Waals surface area contributed by atoms with Crippen LogP contribution < -0.4 is 4.72 Å². The van der Waals surface area contributed by atoms with Crippen molar-refractivity contribution in [3.05, 3.63) is 23.9 Å². The zero-order valence-corrected chi connectivity index (χ0v) is 10.7. The molecule has 6 heteroatoms. The predicted octanol–water partition coefficient (Wildman–Crippen LogP) is 0.651. The van der Waals surface area contributed by atoms with Gasteiger partial charge >= 0.3 is 0 Å². The Kier molecular flexibility index (Phi) is 2.97. The Labute approximate surface area is 101 Å². The topological polar surface area (TPSA) is 79.3 Å². The summed E-state index contributed by atoms with van der Waals surface area (Å²) in [6.07, 6.45) is 2.22. The highest BCUT2D eigenvalue weighted by atomic mass is 32.2. The van der Waals surface area contributed by atoms with Crippen molar-refractivity contribution < 1.29 is 13.5 Å². The normalized spacial score (nSPS) is 22.4. The summed E-state index contributed by atoms with van der Waals surface area (Å²) in [5.41, 5.74) is 0.633. The van der Waals surface area contributed by atoms with E-state index in [1.807, 2.05) is 13.8 Å². The molecule has 0 bridgehead atoms. The molecule has 1 aromatic heterocycles. The second-order valence-corrected chi connectivity index (χ2v) is 6.69. The van der Waals surface area contributed by atoms with E-state index < -0.39 is 10.0 Å². The highest BCUT2D eigenvalue weighted by Gasteiger charge is 2.48. The number of aromatic nitrogens is 1. The van der Waals surface area contributed by atoms with Crippen LogP contribution in [0.5, 0.6) is 0 Å². The van der Waals surface area contributed by atoms with Crippen molar-refractivity contribution in [3.63, 3.8) is 0 Å². The maximum atomic E-state index is 11.9. The fraction of sp³-hybridized carbons (Fsp3) is 0.545. The molecule has 1 fully saturated rings. The molecule has 1 aliphatic carbocycles. The summed E-state index contributed by atoms with van der Waals surface area (Å²) in [6.45, 7) is 3.89. The minimum Gasteiger partial charge on any atom is -0.392 e. The molecule has 0 amide bonds. The largest absolute Gasteiger partial charge is 0.392 e. The Morgan fingerprint density at radius 1 is 1.53 bits per heavy atom. The van der Waals surface area contributed by atoms with E-state index in [1.165, 1.54) is 12.3 Å². The number of nitrogens with zero attached hydrogens (tertiary/aromatic N) is 1. The third-order valence-corrected chi connectivity index (χ3v) is 4.45. The standard InChI is InChI=1S/C11H16N2O3S/c1-11(2)5-9(11)13-17(15,16)10-4-3-8(7-14)6-12-10/h3-4,6,9,13-14H,5,7H2,1-2H3. The first-order valence-electron chi connectivity index (χ1n) is 5.43. The van der Waals surface area contributed by atoms with Gasteiger partial charge in [0.15, 0.2) is 5.03 Å². The van der Waals surface area contributed by atoms with Crippen LogP contribution in [0, 0.1) is 5.41 Å². The summed E-state index contributed by atoms with van der Waals surface area (Å²) in [7, 11) is -3.54. The van der Waals surface area contributed by atoms with Gasteiger partial charge in [0.1, 0.15) is 0 Å². The maximum Gasteiger partial charge on any atom is 0.258 e. The number of aliphatic hydroxyl groups excluding tert-OH is 1. The monoisotopic (exact) mass is 256 g/mol. The van der Waals surface area contributed by atoms with Gasteiger partial charge in [-0.05, 0) is 23.5 Å². The van der Waals surface area contributed by atoms with Crippen LogP contribution in [-0.4, -0.2) is 24.6 Å². The Morgan fingerprint density at radius 3 is 2.59 bits per heavy atom. The molecule has 1 saturated carbocycles. The van der Waals surface area contributed by atoms with Crippen LogP contribution in [0.1, 0.15) is 25.8 Å². The van der Waals surface area contributed by atoms with Crippen LogP contribution in [0.4, 0.5) is 0 Å². The van der Waals surface area contributed by atoms with Crippen LogP contribution in [-0.2, 0) is 16.6 Å². The van der Waals surface area contributed by atoms with E-state index in [1.54, 1.807) is 6.07 Å². The van der Waals surface area contributed by atoms with Gasteiger partial charge in [-0.15, -0.1) is 0 Å². The predicted molar refractivity (Wildman–Crippen MR) is 62.7 cm³/mol. The lowest BCUT2D eigenvalue weighted by Gasteiger charge is -2.07. The van der Waals surface area contributed by atoms with Gasteiger partial charge < -0.3 is 5.11 Å². The third kappa shape index (κ3) is 2.65. The molecule has 1 heterocycles. The molecule has 5 nitrogen and oxygen atoms in total. The molecule has 94 valence electrons. The fourth-order valence-corrected chi connectivity index (χ4v) is 2.92. The number of pyridine rings is 1. The molecule has 1 aromatic rings. The van der Waals surface area contributed by atoms with E-state index >= 15 is 0 Å². The maximum absolute atomic E-state index is 11.9. The van der Waals surface area contributed by atoms with Gasteiger partial charge in [0, 0.05) is 12.2 Å². The average Bonchev–Trinajstić information content (AvgIpc) is 2.85. The Balaban J connectivity index is 2.14. The second-order valence-electron chi connectivity index (χ2n) is 5.03. The van der Waals surface area contributed by atoms with Crippen molar-refractivity contribution in [2.24, 2.45) is 5.41 Å². The average molecular weight is 256 g/mol. The van der Waals surface area contributed by atoms with E-state index in [2.05, 4.69) is 9.71 Å². The van der Waals surface area contributed by atoms with Crippen LogP contribution >= 0.6 is 0 Å². The van der Waals surface area contributed by atoms with Crippen molar-refractivity contribution in [1.82, 2.24) is 9.71 Å². The minimum absolute atomic E-state index is 0.00241. The molecule has 0 radical (unpaired) electrons. The highest BCUT2D eigenvalue weighted by molar-refractivity contribution is 7.89. The molecule has 0 aromatic carbocycles. The van der Waals surface area contributed by atoms with Crippen LogP contribution in [0.15, 0.2) is 23.4 Å². The lowest BCUT2D eigenvalue weighted by molar-refractivity contribution is 0.281. The van der Waals surface area contributed by atoms with Gasteiger partial charge in [-0.25, -0.2) is 18.1 Å². The molecule has 1 unspecified atom stereocenters. The summed E-state index contributed by atoms with van der Waals surface area (Å²) in [4.78, 5) is 3.84. The number of sulfonamides is 1. The van der Waals surface area contributed by atoms with Gasteiger partial charge in [0.25, 0.3) is 10.0 Å². The summed E-state index contributed by atoms with van der Waals surface area (Å²) in [6, 6.07) is 2.95. The fourth-order valence-electron chi connectivity index (χ4n) is 1.58. The Hall–Kier alpha value is -0.980. The minimum atomic E-state index is -3.54. The molecular weight excluding hydrogens is 240 g/mol. The molecule has 1 aliphatic rings. The zero-order chi connectivity index (χ0) is 12.7. The molecular formula is C11H16N2O3S. The Bertz CT molecular complexity index is 508. The SMILES string of the molecule is CC1(C)CC1NS(=O)(=O)c1ccc(CO)cn1. The number of nitrogens with one attached hydrogen (secondary N) is 1. The zero-order valence-electron chi connectivity index (χ0n) is 9.84. The molecule has 2 rings (SSSR count). The van der Waals surface area contributed by atoms with E-state index in [0.29, 0.717) is 5.56 Å². The van der Waals surface area contributed by atoms with Gasteiger partial charge in [0.2, 0.25) is 0 Å². The van der Waals surface area contributed by atoms with Crippen molar-refractivity contribution >= 4 is 10.0 Å². The summed E-state index contributed by atoms with van der Waals surface area (Å²) in [5, 5.41) is 8.85. The third-order valence-electron chi connectivity index (χ3n) is 3.07. The highest BCUT2D eigenvalue weighted by Crippen LogP contribution is 2.45. The van der Waals surface area contributed by atoms with Gasteiger partial charge in [0.05, 0.1) is 6.61 Å². The molecule has 1 atom stereocenters. The second kappa shape index (κ2) is 4.04. The summed E-state index contributed by atoms with van der Waals surface area (Å²) < 4.78 is 26.5. The first-order valence-corrected chi connectivity index (χ1v) is 6.91. The van der Waals surface area contributed by atoms with E-state index in [-0.39, 0.29) is 23.1 Å². The summed E-state index contributed by atoms with van der Waals surface area (Å²) >= 11 is 0. The lowest BCUT2D eigenvalue weighted by Crippen LogP contribution is -2.29. The molecule has 2 N–H and O–H groups in total. The molecule has 17 heavy (non-hydrogen) atoms. The van der Waals surface area contributed by atoms with Crippen molar-refractivity contribution in [1.29, 1.82) is 0 Å². The van der Waals surface area contributed by atoms with Gasteiger partial charge in [-0.2, -0.15) is 0 Å². The number of hydrogen-bond donors (Lipinski definition) is 2. The van der Waals surface area contributed by atoms with E-state index in [0.717, 1.165) is 6.42 Å². The molecule has 0 spiro atoms. The van der Waals surface area contributed by atoms with Crippen molar-refractivity contribution in [2.75, 3.05) is 0 Å².